The van der Waals surface area contributed by atoms with Gasteiger partial charge in [0.05, 0.1) is 0 Å². The molecule has 0 spiro atoms. The van der Waals surface area contributed by atoms with Gasteiger partial charge in [0.25, 0.3) is 0 Å². The van der Waals surface area contributed by atoms with Crippen LogP contribution in [0.2, 0.25) is 0 Å². The molecule has 0 aliphatic rings. The van der Waals surface area contributed by atoms with Crippen LogP contribution in [0.3, 0.4) is 0 Å². The molecule has 3 nitrogen and oxygen atoms in total. The van der Waals surface area contributed by atoms with Crippen LogP contribution in [-0.2, 0) is 17.1 Å². The molecule has 0 heterocycles. The van der Waals surface area contributed by atoms with Crippen LogP contribution in [-0.4, -0.2) is 16.4 Å². The molecule has 0 aromatic carbocycles. The summed E-state index contributed by atoms with van der Waals surface area (Å²) in [6.07, 6.45) is 0. The summed E-state index contributed by atoms with van der Waals surface area (Å²) < 4.78 is 0. The third kappa shape index (κ3) is 23.7. The van der Waals surface area contributed by atoms with Gasteiger partial charge in [-0.25, -0.2) is 0 Å². The van der Waals surface area contributed by atoms with Crippen molar-refractivity contribution < 1.29 is 84.9 Å². The first kappa shape index (κ1) is 61.8. The second-order valence-electron chi connectivity index (χ2n) is 0. The Morgan fingerprint density at radius 3 is 0.600 bits per heavy atom. The SMILES string of the molecule is [K+].[Mn+2].[OH-].[OH-].[OH-]. The molecule has 0 unspecified atom stereocenters. The van der Waals surface area contributed by atoms with Crippen molar-refractivity contribution in [1.82, 2.24) is 0 Å². The molecule has 0 aromatic rings. The van der Waals surface area contributed by atoms with Gasteiger partial charge in [0.15, 0.2) is 0 Å². The minimum atomic E-state index is 0. The van der Waals surface area contributed by atoms with Crippen molar-refractivity contribution in [3.05, 3.63) is 0 Å². The number of hydrogen-bond donors (Lipinski definition) is 0. The van der Waals surface area contributed by atoms with E-state index >= 15 is 0 Å². The third-order valence-corrected chi connectivity index (χ3v) is 0. The Morgan fingerprint density at radius 1 is 0.600 bits per heavy atom. The van der Waals surface area contributed by atoms with Gasteiger partial charge >= 0.3 is 68.5 Å². The van der Waals surface area contributed by atoms with E-state index < -0.39 is 0 Å². The molecule has 0 bridgehead atoms. The maximum absolute atomic E-state index is 0. The average molecular weight is 145 g/mol. The fraction of sp³-hybridized carbons (Fsp3) is 0. The maximum atomic E-state index is 0. The van der Waals surface area contributed by atoms with Crippen LogP contribution >= 0.6 is 0 Å². The zero-order valence-corrected chi connectivity index (χ0v) is 7.02. The summed E-state index contributed by atoms with van der Waals surface area (Å²) in [7, 11) is 0. The minimum Gasteiger partial charge on any atom is -0.870 e. The van der Waals surface area contributed by atoms with Crippen LogP contribution in [0.25, 0.3) is 0 Å². The molecule has 0 saturated carbocycles. The molecule has 5 heteroatoms. The maximum Gasteiger partial charge on any atom is 2.00 e. The molecule has 0 aliphatic carbocycles. The van der Waals surface area contributed by atoms with Crippen LogP contribution in [0.4, 0.5) is 0 Å². The molecule has 0 aromatic heterocycles. The Hall–Kier alpha value is 2.04. The largest absolute Gasteiger partial charge is 2.00 e. The minimum absolute atomic E-state index is 0. The molecule has 1 radical (unpaired) electrons. The van der Waals surface area contributed by atoms with Crippen LogP contribution in [0.1, 0.15) is 0 Å². The topological polar surface area (TPSA) is 90.0 Å². The van der Waals surface area contributed by atoms with Gasteiger partial charge in [-0.1, -0.05) is 0 Å². The molecule has 0 rings (SSSR count). The second kappa shape index (κ2) is 36.9. The van der Waals surface area contributed by atoms with E-state index in [1.165, 1.54) is 0 Å². The van der Waals surface area contributed by atoms with Gasteiger partial charge in [-0.05, 0) is 0 Å². The molecule has 0 aliphatic heterocycles. The predicted octanol–water partition coefficient (Wildman–Crippen LogP) is -3.53. The summed E-state index contributed by atoms with van der Waals surface area (Å²) in [5.41, 5.74) is 0. The Kier molecular flexibility index (Phi) is 457. The predicted molar refractivity (Wildman–Crippen MR) is 5.81 cm³/mol. The number of hydrogen-bond acceptors (Lipinski definition) is 3. The zero-order valence-electron chi connectivity index (χ0n) is 2.72. The molecule has 0 atom stereocenters. The normalized spacial score (nSPS) is 0. The van der Waals surface area contributed by atoms with Gasteiger partial charge in [0.2, 0.25) is 0 Å². The summed E-state index contributed by atoms with van der Waals surface area (Å²) in [6, 6.07) is 0. The van der Waals surface area contributed by atoms with Crippen molar-refractivity contribution in [3.63, 3.8) is 0 Å². The molecule has 5 heavy (non-hydrogen) atoms. The van der Waals surface area contributed by atoms with Crippen LogP contribution in [0.5, 0.6) is 0 Å². The standard InChI is InChI=1S/K.Mn.3H2O/h;;3*1H2/q+1;+2;;;/p-3. The van der Waals surface area contributed by atoms with E-state index in [9.17, 15) is 0 Å². The van der Waals surface area contributed by atoms with Gasteiger partial charge in [0.1, 0.15) is 0 Å². The van der Waals surface area contributed by atoms with E-state index in [-0.39, 0.29) is 84.9 Å². The van der Waals surface area contributed by atoms with Gasteiger partial charge in [-0.15, -0.1) is 0 Å². The van der Waals surface area contributed by atoms with E-state index in [1.54, 1.807) is 0 Å². The van der Waals surface area contributed by atoms with Gasteiger partial charge in [-0.3, -0.25) is 0 Å². The molecule has 0 saturated heterocycles. The first-order chi connectivity index (χ1) is 0. The monoisotopic (exact) mass is 145 g/mol. The summed E-state index contributed by atoms with van der Waals surface area (Å²) in [5.74, 6) is 0. The molecule has 29 valence electrons. The van der Waals surface area contributed by atoms with Crippen LogP contribution in [0.15, 0.2) is 0 Å². The summed E-state index contributed by atoms with van der Waals surface area (Å²) in [5, 5.41) is 0. The Labute approximate surface area is 83.3 Å². The van der Waals surface area contributed by atoms with Gasteiger partial charge in [-0.2, -0.15) is 0 Å². The fourth-order valence-corrected chi connectivity index (χ4v) is 0. The second-order valence-corrected chi connectivity index (χ2v) is 0. The van der Waals surface area contributed by atoms with E-state index in [0.29, 0.717) is 0 Å². The van der Waals surface area contributed by atoms with E-state index in [1.807, 2.05) is 0 Å². The van der Waals surface area contributed by atoms with E-state index in [0.717, 1.165) is 0 Å². The van der Waals surface area contributed by atoms with Gasteiger partial charge < -0.3 is 16.4 Å². The zero-order chi connectivity index (χ0) is 0. The number of rotatable bonds is 0. The summed E-state index contributed by atoms with van der Waals surface area (Å²) in [4.78, 5) is 0. The smallest absolute Gasteiger partial charge is 0.870 e. The molecule has 0 amide bonds. The molecule has 0 fully saturated rings. The Balaban J connectivity index is 0. The van der Waals surface area contributed by atoms with Gasteiger partial charge in [0, 0.05) is 0 Å². The molecule has 3 N–H and O–H groups in total. The van der Waals surface area contributed by atoms with Crippen molar-refractivity contribution in [1.29, 1.82) is 0 Å². The van der Waals surface area contributed by atoms with Crippen LogP contribution in [0, 0.1) is 0 Å². The van der Waals surface area contributed by atoms with Crippen molar-refractivity contribution in [2.24, 2.45) is 0 Å². The molecular formula is H3KMnO3. The van der Waals surface area contributed by atoms with Crippen molar-refractivity contribution in [3.8, 4) is 0 Å². The van der Waals surface area contributed by atoms with Crippen molar-refractivity contribution in [2.75, 3.05) is 0 Å². The summed E-state index contributed by atoms with van der Waals surface area (Å²) in [6.45, 7) is 0. The van der Waals surface area contributed by atoms with E-state index in [2.05, 4.69) is 0 Å². The van der Waals surface area contributed by atoms with E-state index in [4.69, 9.17) is 0 Å². The summed E-state index contributed by atoms with van der Waals surface area (Å²) >= 11 is 0. The third-order valence-electron chi connectivity index (χ3n) is 0. The Bertz CT molecular complexity index is 6.85. The molecular weight excluding hydrogens is 142 g/mol. The quantitative estimate of drug-likeness (QED) is 0.331. The first-order valence-corrected chi connectivity index (χ1v) is 0. The first-order valence-electron chi connectivity index (χ1n) is 0. The van der Waals surface area contributed by atoms with Crippen molar-refractivity contribution in [2.45, 2.75) is 0 Å². The Morgan fingerprint density at radius 2 is 0.600 bits per heavy atom. The fourth-order valence-electron chi connectivity index (χ4n) is 0. The van der Waals surface area contributed by atoms with Crippen LogP contribution < -0.4 is 51.4 Å². The van der Waals surface area contributed by atoms with Crippen molar-refractivity contribution >= 4 is 0 Å². The average Bonchev–Trinajstić information content (AvgIpc) is 0.